The van der Waals surface area contributed by atoms with E-state index in [4.69, 9.17) is 4.74 Å². The number of benzene rings is 1. The highest BCUT2D eigenvalue weighted by Gasteiger charge is 2.19. The molecule has 1 N–H and O–H groups in total. The lowest BCUT2D eigenvalue weighted by Crippen LogP contribution is -2.10. The minimum Gasteiger partial charge on any atom is -0.504 e. The number of hydrogen-bond acceptors (Lipinski definition) is 3. The number of ether oxygens (including phenoxy) is 1. The lowest BCUT2D eigenvalue weighted by molar-refractivity contribution is 0.0678. The Kier molecular flexibility index (Phi) is 3.60. The standard InChI is InChI=1S/C10H10F2O3/c1-2-15-8-5-6(3-4-7(8)13)9(14)10(11)12/h3-5,10,13H,2H2,1H3. The van der Waals surface area contributed by atoms with Crippen LogP contribution in [0, 0.1) is 0 Å². The molecule has 0 amide bonds. The fourth-order valence-corrected chi connectivity index (χ4v) is 1.06. The number of alkyl halides is 2. The van der Waals surface area contributed by atoms with E-state index in [1.165, 1.54) is 0 Å². The van der Waals surface area contributed by atoms with Gasteiger partial charge in [-0.15, -0.1) is 0 Å². The number of ketones is 1. The Hall–Kier alpha value is -1.65. The molecule has 15 heavy (non-hydrogen) atoms. The Bertz CT molecular complexity index is 364. The van der Waals surface area contributed by atoms with E-state index in [0.29, 0.717) is 0 Å². The SMILES string of the molecule is CCOc1cc(C(=O)C(F)F)ccc1O. The molecule has 0 aliphatic heterocycles. The lowest BCUT2D eigenvalue weighted by atomic mass is 10.1. The molecule has 0 unspecified atom stereocenters. The van der Waals surface area contributed by atoms with Gasteiger partial charge in [-0.1, -0.05) is 0 Å². The minimum absolute atomic E-state index is 0.0315. The summed E-state index contributed by atoms with van der Waals surface area (Å²) in [5, 5.41) is 9.26. The summed E-state index contributed by atoms with van der Waals surface area (Å²) in [5.41, 5.74) is -0.175. The van der Waals surface area contributed by atoms with Crippen molar-refractivity contribution in [2.24, 2.45) is 0 Å². The monoisotopic (exact) mass is 216 g/mol. The molecule has 0 bridgehead atoms. The maximum absolute atomic E-state index is 12.1. The summed E-state index contributed by atoms with van der Waals surface area (Å²) >= 11 is 0. The summed E-state index contributed by atoms with van der Waals surface area (Å²) in [4.78, 5) is 10.9. The summed E-state index contributed by atoms with van der Waals surface area (Å²) in [5.74, 6) is -1.43. The van der Waals surface area contributed by atoms with Crippen LogP contribution in [0.3, 0.4) is 0 Å². The second kappa shape index (κ2) is 4.72. The highest BCUT2D eigenvalue weighted by molar-refractivity contribution is 5.98. The molecular formula is C10H10F2O3. The summed E-state index contributed by atoms with van der Waals surface area (Å²) in [6.07, 6.45) is -3.05. The number of Topliss-reactive ketones (excluding diaryl/α,β-unsaturated/α-hetero) is 1. The van der Waals surface area contributed by atoms with Gasteiger partial charge in [0.2, 0.25) is 5.78 Å². The predicted octanol–water partition coefficient (Wildman–Crippen LogP) is 2.24. The quantitative estimate of drug-likeness (QED) is 0.785. The van der Waals surface area contributed by atoms with Crippen LogP contribution in [-0.2, 0) is 0 Å². The number of aromatic hydroxyl groups is 1. The molecule has 0 saturated carbocycles. The molecule has 0 radical (unpaired) electrons. The van der Waals surface area contributed by atoms with Crippen LogP contribution in [0.4, 0.5) is 8.78 Å². The van der Waals surface area contributed by atoms with Gasteiger partial charge in [-0.25, -0.2) is 8.78 Å². The highest BCUT2D eigenvalue weighted by Crippen LogP contribution is 2.27. The molecule has 3 nitrogen and oxygen atoms in total. The molecule has 0 aromatic heterocycles. The molecule has 1 rings (SSSR count). The summed E-state index contributed by atoms with van der Waals surface area (Å²) < 4.78 is 29.1. The van der Waals surface area contributed by atoms with Gasteiger partial charge in [0.25, 0.3) is 0 Å². The summed E-state index contributed by atoms with van der Waals surface area (Å²) in [6, 6.07) is 3.39. The Balaban J connectivity index is 3.01. The molecule has 0 saturated heterocycles. The average molecular weight is 216 g/mol. The van der Waals surface area contributed by atoms with Crippen molar-refractivity contribution in [3.05, 3.63) is 23.8 Å². The van der Waals surface area contributed by atoms with Crippen molar-refractivity contribution in [2.75, 3.05) is 6.61 Å². The van der Waals surface area contributed by atoms with Crippen LogP contribution in [0.15, 0.2) is 18.2 Å². The van der Waals surface area contributed by atoms with E-state index in [-0.39, 0.29) is 23.7 Å². The first-order valence-electron chi connectivity index (χ1n) is 4.34. The van der Waals surface area contributed by atoms with Gasteiger partial charge in [-0.2, -0.15) is 0 Å². The molecule has 82 valence electrons. The van der Waals surface area contributed by atoms with Gasteiger partial charge in [0.15, 0.2) is 11.5 Å². The summed E-state index contributed by atoms with van der Waals surface area (Å²) in [7, 11) is 0. The van der Waals surface area contributed by atoms with Gasteiger partial charge in [0.05, 0.1) is 6.61 Å². The van der Waals surface area contributed by atoms with Gasteiger partial charge >= 0.3 is 6.43 Å². The normalized spacial score (nSPS) is 10.4. The predicted molar refractivity (Wildman–Crippen MR) is 49.6 cm³/mol. The van der Waals surface area contributed by atoms with Crippen LogP contribution in [0.1, 0.15) is 17.3 Å². The molecule has 0 atom stereocenters. The zero-order valence-corrected chi connectivity index (χ0v) is 8.04. The Labute approximate surface area is 85.3 Å². The first kappa shape index (κ1) is 11.4. The molecule has 1 aromatic carbocycles. The van der Waals surface area contributed by atoms with E-state index in [9.17, 15) is 18.7 Å². The molecule has 0 spiro atoms. The Morgan fingerprint density at radius 2 is 2.20 bits per heavy atom. The number of carbonyl (C=O) groups excluding carboxylic acids is 1. The Morgan fingerprint density at radius 3 is 2.73 bits per heavy atom. The fraction of sp³-hybridized carbons (Fsp3) is 0.300. The molecule has 0 aliphatic carbocycles. The van der Waals surface area contributed by atoms with Crippen LogP contribution in [0.5, 0.6) is 11.5 Å². The third-order valence-electron chi connectivity index (χ3n) is 1.74. The van der Waals surface area contributed by atoms with E-state index in [1.807, 2.05) is 0 Å². The molecule has 0 aliphatic rings. The van der Waals surface area contributed by atoms with Crippen molar-refractivity contribution in [2.45, 2.75) is 13.3 Å². The van der Waals surface area contributed by atoms with Crippen molar-refractivity contribution < 1.29 is 23.4 Å². The van der Waals surface area contributed by atoms with E-state index in [1.54, 1.807) is 6.92 Å². The van der Waals surface area contributed by atoms with Crippen molar-refractivity contribution in [1.82, 2.24) is 0 Å². The third-order valence-corrected chi connectivity index (χ3v) is 1.74. The zero-order chi connectivity index (χ0) is 11.4. The van der Waals surface area contributed by atoms with E-state index < -0.39 is 12.2 Å². The van der Waals surface area contributed by atoms with Crippen molar-refractivity contribution in [3.63, 3.8) is 0 Å². The van der Waals surface area contributed by atoms with Crippen LogP contribution in [0.25, 0.3) is 0 Å². The lowest BCUT2D eigenvalue weighted by Gasteiger charge is -2.07. The first-order chi connectivity index (χ1) is 7.06. The van der Waals surface area contributed by atoms with Crippen molar-refractivity contribution >= 4 is 5.78 Å². The van der Waals surface area contributed by atoms with E-state index in [2.05, 4.69) is 0 Å². The van der Waals surface area contributed by atoms with E-state index >= 15 is 0 Å². The van der Waals surface area contributed by atoms with Gasteiger partial charge in [-0.3, -0.25) is 4.79 Å². The topological polar surface area (TPSA) is 46.5 Å². The number of rotatable bonds is 4. The van der Waals surface area contributed by atoms with Crippen molar-refractivity contribution in [3.8, 4) is 11.5 Å². The maximum Gasteiger partial charge on any atom is 0.300 e. The number of phenolic OH excluding ortho intramolecular Hbond substituents is 1. The molecule has 1 aromatic rings. The van der Waals surface area contributed by atoms with Gasteiger partial charge in [0, 0.05) is 5.56 Å². The third kappa shape index (κ3) is 2.65. The number of phenols is 1. The van der Waals surface area contributed by atoms with Crippen molar-refractivity contribution in [1.29, 1.82) is 0 Å². The molecule has 5 heteroatoms. The minimum atomic E-state index is -3.05. The second-order valence-corrected chi connectivity index (χ2v) is 2.78. The van der Waals surface area contributed by atoms with Gasteiger partial charge < -0.3 is 9.84 Å². The first-order valence-corrected chi connectivity index (χ1v) is 4.34. The number of carbonyl (C=O) groups is 1. The van der Waals surface area contributed by atoms with Crippen LogP contribution in [-0.4, -0.2) is 23.9 Å². The largest absolute Gasteiger partial charge is 0.504 e. The Morgan fingerprint density at radius 1 is 1.53 bits per heavy atom. The maximum atomic E-state index is 12.1. The molecule has 0 heterocycles. The molecular weight excluding hydrogens is 206 g/mol. The second-order valence-electron chi connectivity index (χ2n) is 2.78. The number of hydrogen-bond donors (Lipinski definition) is 1. The average Bonchev–Trinajstić information content (AvgIpc) is 2.20. The molecule has 0 fully saturated rings. The van der Waals surface area contributed by atoms with Gasteiger partial charge in [0.1, 0.15) is 0 Å². The van der Waals surface area contributed by atoms with Crippen LogP contribution >= 0.6 is 0 Å². The smallest absolute Gasteiger partial charge is 0.300 e. The van der Waals surface area contributed by atoms with Crippen LogP contribution in [0.2, 0.25) is 0 Å². The highest BCUT2D eigenvalue weighted by atomic mass is 19.3. The van der Waals surface area contributed by atoms with Gasteiger partial charge in [-0.05, 0) is 25.1 Å². The van der Waals surface area contributed by atoms with E-state index in [0.717, 1.165) is 18.2 Å². The number of halogens is 2. The van der Waals surface area contributed by atoms with Crippen LogP contribution < -0.4 is 4.74 Å². The summed E-state index contributed by atoms with van der Waals surface area (Å²) in [6.45, 7) is 1.96. The zero-order valence-electron chi connectivity index (χ0n) is 8.04. The fourth-order valence-electron chi connectivity index (χ4n) is 1.06.